The molecule has 1 heterocycles. The number of fused-ring (bicyclic) bond motifs is 2. The molecule has 1 N–H and O–H groups in total. The molecule has 0 saturated heterocycles. The van der Waals surface area contributed by atoms with E-state index in [1.165, 1.54) is 33.4 Å². The minimum Gasteiger partial charge on any atom is -0.490 e. The summed E-state index contributed by atoms with van der Waals surface area (Å²) in [5.74, 6) is 2.81. The van der Waals surface area contributed by atoms with Gasteiger partial charge < -0.3 is 19.3 Å². The van der Waals surface area contributed by atoms with Crippen LogP contribution in [0.1, 0.15) is 50.1 Å². The van der Waals surface area contributed by atoms with Gasteiger partial charge in [-0.15, -0.1) is 0 Å². The molecule has 1 aliphatic rings. The van der Waals surface area contributed by atoms with Crippen LogP contribution in [0.4, 0.5) is 0 Å². The molecule has 2 aromatic carbocycles. The average molecular weight is 385 g/mol. The molecule has 152 valence electrons. The molecule has 4 heteroatoms. The van der Waals surface area contributed by atoms with Gasteiger partial charge in [-0.2, -0.15) is 0 Å². The normalized spacial score (nSPS) is 13.6. The lowest BCUT2D eigenvalue weighted by Crippen LogP contribution is -2.23. The molecule has 2 aromatic rings. The number of aliphatic hydroxyl groups excluding tert-OH is 1. The largest absolute Gasteiger partial charge is 0.490 e. The fourth-order valence-corrected chi connectivity index (χ4v) is 4.13. The van der Waals surface area contributed by atoms with Crippen molar-refractivity contribution in [2.45, 2.75) is 61.0 Å². The van der Waals surface area contributed by atoms with E-state index in [9.17, 15) is 5.11 Å². The highest BCUT2D eigenvalue weighted by Gasteiger charge is 2.28. The first-order valence-corrected chi connectivity index (χ1v) is 9.88. The third kappa shape index (κ3) is 3.29. The molecule has 1 unspecified atom stereocenters. The summed E-state index contributed by atoms with van der Waals surface area (Å²) in [5, 5.41) is 9.98. The molecule has 1 aliphatic heterocycles. The minimum atomic E-state index is -0.646. The molecule has 3 rings (SSSR count). The number of ether oxygens (including phenoxy) is 3. The standard InChI is InChI=1S/C24H32O4/c1-12-13(2)15(4)23-20(14(12)3)9-21-18(7)22(27-11-19(25)10-26-8)16(5)17(6)24(21)28-23/h19,25H,9-11H2,1-8H3. The first-order valence-electron chi connectivity index (χ1n) is 9.88. The fourth-order valence-electron chi connectivity index (χ4n) is 4.13. The van der Waals surface area contributed by atoms with Crippen LogP contribution in [0.15, 0.2) is 0 Å². The quantitative estimate of drug-likeness (QED) is 0.678. The van der Waals surface area contributed by atoms with Crippen LogP contribution in [0.2, 0.25) is 0 Å². The molecule has 0 amide bonds. The molecular formula is C24H32O4. The Kier molecular flexibility index (Phi) is 5.74. The van der Waals surface area contributed by atoms with Crippen LogP contribution in [0.5, 0.6) is 17.2 Å². The maximum Gasteiger partial charge on any atom is 0.134 e. The number of methoxy groups -OCH3 is 1. The molecule has 0 saturated carbocycles. The van der Waals surface area contributed by atoms with E-state index in [2.05, 4.69) is 48.5 Å². The summed E-state index contributed by atoms with van der Waals surface area (Å²) in [6.45, 7) is 15.4. The van der Waals surface area contributed by atoms with Gasteiger partial charge in [-0.1, -0.05) is 0 Å². The van der Waals surface area contributed by atoms with Gasteiger partial charge in [0.1, 0.15) is 30.0 Å². The molecule has 1 atom stereocenters. The highest BCUT2D eigenvalue weighted by atomic mass is 16.5. The monoisotopic (exact) mass is 384 g/mol. The SMILES string of the molecule is COCC(O)COc1c(C)c(C)c2c(c1C)Cc1c(C)c(C)c(C)c(C)c1O2. The smallest absolute Gasteiger partial charge is 0.134 e. The Balaban J connectivity index is 2.07. The number of hydrogen-bond acceptors (Lipinski definition) is 4. The summed E-state index contributed by atoms with van der Waals surface area (Å²) in [7, 11) is 1.57. The molecule has 0 radical (unpaired) electrons. The van der Waals surface area contributed by atoms with E-state index in [1.807, 2.05) is 0 Å². The van der Waals surface area contributed by atoms with Crippen LogP contribution in [-0.4, -0.2) is 31.5 Å². The highest BCUT2D eigenvalue weighted by Crippen LogP contribution is 2.48. The lowest BCUT2D eigenvalue weighted by Gasteiger charge is -2.30. The van der Waals surface area contributed by atoms with Crippen LogP contribution in [0.3, 0.4) is 0 Å². The van der Waals surface area contributed by atoms with Gasteiger partial charge in [0.15, 0.2) is 0 Å². The molecule has 0 aromatic heterocycles. The van der Waals surface area contributed by atoms with Gasteiger partial charge in [0.05, 0.1) is 6.61 Å². The predicted octanol–water partition coefficient (Wildman–Crippen LogP) is 4.93. The van der Waals surface area contributed by atoms with E-state index >= 15 is 0 Å². The van der Waals surface area contributed by atoms with Crippen molar-refractivity contribution < 1.29 is 19.3 Å². The number of benzene rings is 2. The second-order valence-electron chi connectivity index (χ2n) is 8.02. The van der Waals surface area contributed by atoms with E-state index in [1.54, 1.807) is 7.11 Å². The summed E-state index contributed by atoms with van der Waals surface area (Å²) in [5.41, 5.74) is 10.9. The molecule has 28 heavy (non-hydrogen) atoms. The van der Waals surface area contributed by atoms with Gasteiger partial charge >= 0.3 is 0 Å². The Labute approximate surface area is 168 Å². The van der Waals surface area contributed by atoms with Gasteiger partial charge in [0.2, 0.25) is 0 Å². The van der Waals surface area contributed by atoms with Crippen LogP contribution in [0, 0.1) is 48.5 Å². The lowest BCUT2D eigenvalue weighted by atomic mass is 9.85. The van der Waals surface area contributed by atoms with Gasteiger partial charge in [-0.3, -0.25) is 0 Å². The van der Waals surface area contributed by atoms with Crippen LogP contribution in [-0.2, 0) is 11.2 Å². The van der Waals surface area contributed by atoms with Gasteiger partial charge in [-0.25, -0.2) is 0 Å². The van der Waals surface area contributed by atoms with Crippen molar-refractivity contribution in [2.24, 2.45) is 0 Å². The topological polar surface area (TPSA) is 47.9 Å². The lowest BCUT2D eigenvalue weighted by molar-refractivity contribution is 0.0322. The zero-order chi connectivity index (χ0) is 20.7. The number of hydrogen-bond donors (Lipinski definition) is 1. The third-order valence-corrected chi connectivity index (χ3v) is 6.40. The fraction of sp³-hybridized carbons (Fsp3) is 0.500. The summed E-state index contributed by atoms with van der Waals surface area (Å²) in [4.78, 5) is 0. The van der Waals surface area contributed by atoms with E-state index in [4.69, 9.17) is 14.2 Å². The summed E-state index contributed by atoms with van der Waals surface area (Å²) >= 11 is 0. The molecule has 0 fully saturated rings. The van der Waals surface area contributed by atoms with Gasteiger partial charge in [0.25, 0.3) is 0 Å². The minimum absolute atomic E-state index is 0.210. The molecular weight excluding hydrogens is 352 g/mol. The molecule has 4 nitrogen and oxygen atoms in total. The predicted molar refractivity (Wildman–Crippen MR) is 112 cm³/mol. The van der Waals surface area contributed by atoms with Crippen LogP contribution in [0.25, 0.3) is 0 Å². The van der Waals surface area contributed by atoms with Crippen molar-refractivity contribution in [3.05, 3.63) is 50.1 Å². The Morgan fingerprint density at radius 1 is 0.750 bits per heavy atom. The number of aliphatic hydroxyl groups is 1. The Hall–Kier alpha value is -2.04. The number of rotatable bonds is 5. The zero-order valence-corrected chi connectivity index (χ0v) is 18.4. The van der Waals surface area contributed by atoms with Crippen molar-refractivity contribution in [2.75, 3.05) is 20.3 Å². The molecule has 0 bridgehead atoms. The molecule has 0 spiro atoms. The van der Waals surface area contributed by atoms with Crippen molar-refractivity contribution in [1.29, 1.82) is 0 Å². The van der Waals surface area contributed by atoms with Crippen molar-refractivity contribution >= 4 is 0 Å². The Morgan fingerprint density at radius 3 is 1.89 bits per heavy atom. The zero-order valence-electron chi connectivity index (χ0n) is 18.4. The van der Waals surface area contributed by atoms with Crippen LogP contribution >= 0.6 is 0 Å². The van der Waals surface area contributed by atoms with E-state index in [0.717, 1.165) is 40.4 Å². The first kappa shape index (κ1) is 20.7. The summed E-state index contributed by atoms with van der Waals surface area (Å²) in [6, 6.07) is 0. The van der Waals surface area contributed by atoms with E-state index in [-0.39, 0.29) is 13.2 Å². The Morgan fingerprint density at radius 2 is 1.29 bits per heavy atom. The maximum absolute atomic E-state index is 9.98. The summed E-state index contributed by atoms with van der Waals surface area (Å²) in [6.07, 6.45) is 0.190. The second kappa shape index (κ2) is 7.76. The molecule has 0 aliphatic carbocycles. The average Bonchev–Trinajstić information content (AvgIpc) is 2.68. The Bertz CT molecular complexity index is 928. The van der Waals surface area contributed by atoms with Gasteiger partial charge in [-0.05, 0) is 87.4 Å². The first-order chi connectivity index (χ1) is 13.2. The third-order valence-electron chi connectivity index (χ3n) is 6.40. The van der Waals surface area contributed by atoms with Gasteiger partial charge in [0, 0.05) is 24.7 Å². The van der Waals surface area contributed by atoms with Crippen LogP contribution < -0.4 is 9.47 Å². The van der Waals surface area contributed by atoms with Crippen molar-refractivity contribution in [1.82, 2.24) is 0 Å². The second-order valence-corrected chi connectivity index (χ2v) is 8.02. The maximum atomic E-state index is 9.98. The van der Waals surface area contributed by atoms with E-state index < -0.39 is 6.10 Å². The van der Waals surface area contributed by atoms with Crippen molar-refractivity contribution in [3.63, 3.8) is 0 Å². The highest BCUT2D eigenvalue weighted by molar-refractivity contribution is 5.66. The van der Waals surface area contributed by atoms with E-state index in [0.29, 0.717) is 0 Å². The van der Waals surface area contributed by atoms with Crippen molar-refractivity contribution in [3.8, 4) is 17.2 Å². The summed E-state index contributed by atoms with van der Waals surface area (Å²) < 4.78 is 17.5.